The third-order valence-electron chi connectivity index (χ3n) is 4.31. The van der Waals surface area contributed by atoms with Gasteiger partial charge in [-0.1, -0.05) is 12.1 Å². The second-order valence-corrected chi connectivity index (χ2v) is 6.63. The van der Waals surface area contributed by atoms with Gasteiger partial charge >= 0.3 is 0 Å². The van der Waals surface area contributed by atoms with Gasteiger partial charge in [0.15, 0.2) is 0 Å². The molecule has 0 atom stereocenters. The topological polar surface area (TPSA) is 76.0 Å². The summed E-state index contributed by atoms with van der Waals surface area (Å²) in [6, 6.07) is 12.7. The molecule has 0 radical (unpaired) electrons. The summed E-state index contributed by atoms with van der Waals surface area (Å²) in [5, 5.41) is 5.70. The smallest absolute Gasteiger partial charge is 0.255 e. The lowest BCUT2D eigenvalue weighted by atomic mass is 10.1. The van der Waals surface area contributed by atoms with Gasteiger partial charge in [-0.25, -0.2) is 9.37 Å². The molecule has 7 heteroatoms. The summed E-state index contributed by atoms with van der Waals surface area (Å²) in [6.45, 7) is 5.46. The lowest BCUT2D eigenvalue weighted by Gasteiger charge is -2.15. The van der Waals surface area contributed by atoms with E-state index in [1.165, 1.54) is 28.8 Å². The number of hydrogen-bond acceptors (Lipinski definition) is 4. The van der Waals surface area contributed by atoms with E-state index in [-0.39, 0.29) is 18.1 Å². The average molecular weight is 380 g/mol. The number of nitrogens with zero attached hydrogens (tertiary/aromatic N) is 2. The molecule has 0 saturated carbocycles. The summed E-state index contributed by atoms with van der Waals surface area (Å²) >= 11 is 0. The highest BCUT2D eigenvalue weighted by molar-refractivity contribution is 5.90. The zero-order valence-electron chi connectivity index (χ0n) is 15.9. The van der Waals surface area contributed by atoms with E-state index in [9.17, 15) is 14.0 Å². The molecule has 28 heavy (non-hydrogen) atoms. The normalized spacial score (nSPS) is 10.6. The van der Waals surface area contributed by atoms with Crippen molar-refractivity contribution < 1.29 is 9.18 Å². The molecular formula is C21H21FN4O2. The van der Waals surface area contributed by atoms with Gasteiger partial charge < -0.3 is 10.6 Å². The minimum absolute atomic E-state index is 0.254. The molecule has 0 saturated heterocycles. The van der Waals surface area contributed by atoms with Crippen LogP contribution >= 0.6 is 0 Å². The lowest BCUT2D eigenvalue weighted by molar-refractivity contribution is -0.116. The van der Waals surface area contributed by atoms with E-state index in [0.717, 1.165) is 16.8 Å². The lowest BCUT2D eigenvalue weighted by Crippen LogP contribution is -2.30. The molecule has 6 nitrogen and oxygen atoms in total. The Balaban J connectivity index is 1.86. The van der Waals surface area contributed by atoms with E-state index in [4.69, 9.17) is 0 Å². The van der Waals surface area contributed by atoms with Gasteiger partial charge in [0.25, 0.3) is 5.56 Å². The summed E-state index contributed by atoms with van der Waals surface area (Å²) in [7, 11) is 0. The van der Waals surface area contributed by atoms with Gasteiger partial charge in [0, 0.05) is 23.1 Å². The summed E-state index contributed by atoms with van der Waals surface area (Å²) in [5.74, 6) is -0.645. The zero-order chi connectivity index (χ0) is 20.3. The number of aryl methyl sites for hydroxylation is 3. The van der Waals surface area contributed by atoms with Crippen molar-refractivity contribution in [2.75, 3.05) is 10.6 Å². The predicted molar refractivity (Wildman–Crippen MR) is 107 cm³/mol. The highest BCUT2D eigenvalue weighted by atomic mass is 19.1. The monoisotopic (exact) mass is 380 g/mol. The molecule has 2 N–H and O–H groups in total. The third-order valence-corrected chi connectivity index (χ3v) is 4.31. The van der Waals surface area contributed by atoms with Crippen molar-refractivity contribution in [3.8, 4) is 0 Å². The molecule has 1 heterocycles. The van der Waals surface area contributed by atoms with Crippen LogP contribution in [0.15, 0.2) is 53.3 Å². The molecule has 144 valence electrons. The number of benzene rings is 2. The Hall–Kier alpha value is -3.48. The molecule has 0 unspecified atom stereocenters. The van der Waals surface area contributed by atoms with Gasteiger partial charge in [0.2, 0.25) is 11.9 Å². The van der Waals surface area contributed by atoms with Gasteiger partial charge in [0.1, 0.15) is 12.4 Å². The van der Waals surface area contributed by atoms with Gasteiger partial charge in [-0.05, 0) is 62.2 Å². The van der Waals surface area contributed by atoms with Crippen LogP contribution in [0.2, 0.25) is 0 Å². The maximum absolute atomic E-state index is 13.3. The first-order valence-corrected chi connectivity index (χ1v) is 8.80. The van der Waals surface area contributed by atoms with E-state index < -0.39 is 11.7 Å². The molecule has 0 spiro atoms. The first-order chi connectivity index (χ1) is 13.3. The maximum atomic E-state index is 13.3. The number of amides is 1. The van der Waals surface area contributed by atoms with E-state index >= 15 is 0 Å². The Morgan fingerprint density at radius 1 is 1.04 bits per heavy atom. The number of rotatable bonds is 5. The van der Waals surface area contributed by atoms with Crippen LogP contribution in [0.25, 0.3) is 0 Å². The Morgan fingerprint density at radius 2 is 1.82 bits per heavy atom. The Morgan fingerprint density at radius 3 is 2.54 bits per heavy atom. The minimum atomic E-state index is -0.457. The molecule has 1 aromatic heterocycles. The largest absolute Gasteiger partial charge is 0.326 e. The SMILES string of the molecule is Cc1cc(=O)n(CC(=O)Nc2cccc(F)c2)c(Nc2ccc(C)c(C)c2)n1. The first-order valence-electron chi connectivity index (χ1n) is 8.80. The minimum Gasteiger partial charge on any atom is -0.326 e. The molecule has 0 aliphatic carbocycles. The van der Waals surface area contributed by atoms with E-state index in [1.54, 1.807) is 13.0 Å². The second kappa shape index (κ2) is 8.04. The summed E-state index contributed by atoms with van der Waals surface area (Å²) in [5.41, 5.74) is 3.51. The van der Waals surface area contributed by atoms with Crippen molar-refractivity contribution in [3.05, 3.63) is 81.5 Å². The molecule has 3 rings (SSSR count). The number of carbonyl (C=O) groups is 1. The molecule has 3 aromatic rings. The predicted octanol–water partition coefficient (Wildman–Crippen LogP) is 3.69. The van der Waals surface area contributed by atoms with Crippen molar-refractivity contribution in [2.45, 2.75) is 27.3 Å². The number of hydrogen-bond donors (Lipinski definition) is 2. The van der Waals surface area contributed by atoms with E-state index in [0.29, 0.717) is 11.4 Å². The van der Waals surface area contributed by atoms with E-state index in [2.05, 4.69) is 15.6 Å². The third kappa shape index (κ3) is 4.62. The summed E-state index contributed by atoms with van der Waals surface area (Å²) < 4.78 is 14.5. The number of halogens is 1. The number of anilines is 3. The Kier molecular flexibility index (Phi) is 5.54. The first kappa shape index (κ1) is 19.3. The van der Waals surface area contributed by atoms with Crippen LogP contribution in [0.3, 0.4) is 0 Å². The van der Waals surface area contributed by atoms with Gasteiger partial charge in [-0.3, -0.25) is 14.2 Å². The standard InChI is InChI=1S/C21H21FN4O2/c1-13-7-8-18(9-14(13)2)25-21-23-15(3)10-20(28)26(21)12-19(27)24-17-6-4-5-16(22)11-17/h4-11H,12H2,1-3H3,(H,23,25)(H,24,27). The molecule has 0 aliphatic heterocycles. The molecular weight excluding hydrogens is 359 g/mol. The summed E-state index contributed by atoms with van der Waals surface area (Å²) in [4.78, 5) is 29.2. The van der Waals surface area contributed by atoms with Gasteiger partial charge in [0.05, 0.1) is 0 Å². The zero-order valence-corrected chi connectivity index (χ0v) is 15.9. The van der Waals surface area contributed by atoms with Crippen LogP contribution in [-0.2, 0) is 11.3 Å². The van der Waals surface area contributed by atoms with Crippen molar-refractivity contribution in [3.63, 3.8) is 0 Å². The molecule has 0 fully saturated rings. The number of carbonyl (C=O) groups excluding carboxylic acids is 1. The number of aromatic nitrogens is 2. The number of nitrogens with one attached hydrogen (secondary N) is 2. The fraction of sp³-hybridized carbons (Fsp3) is 0.190. The summed E-state index contributed by atoms with van der Waals surface area (Å²) in [6.07, 6.45) is 0. The van der Waals surface area contributed by atoms with Crippen molar-refractivity contribution in [1.82, 2.24) is 9.55 Å². The Labute approximate surface area is 162 Å². The highest BCUT2D eigenvalue weighted by Crippen LogP contribution is 2.18. The van der Waals surface area contributed by atoms with Crippen LogP contribution in [0.5, 0.6) is 0 Å². The Bertz CT molecular complexity index is 1090. The quantitative estimate of drug-likeness (QED) is 0.708. The van der Waals surface area contributed by atoms with Crippen LogP contribution in [0.4, 0.5) is 21.7 Å². The fourth-order valence-electron chi connectivity index (χ4n) is 2.73. The molecule has 2 aromatic carbocycles. The van der Waals surface area contributed by atoms with E-state index in [1.807, 2.05) is 32.0 Å². The molecule has 0 bridgehead atoms. The van der Waals surface area contributed by atoms with Crippen LogP contribution in [0.1, 0.15) is 16.8 Å². The maximum Gasteiger partial charge on any atom is 0.255 e. The molecule has 0 aliphatic rings. The average Bonchev–Trinajstić information content (AvgIpc) is 2.61. The van der Waals surface area contributed by atoms with Crippen molar-refractivity contribution in [2.24, 2.45) is 0 Å². The fourth-order valence-corrected chi connectivity index (χ4v) is 2.73. The second-order valence-electron chi connectivity index (χ2n) is 6.63. The van der Waals surface area contributed by atoms with Crippen LogP contribution < -0.4 is 16.2 Å². The highest BCUT2D eigenvalue weighted by Gasteiger charge is 2.12. The van der Waals surface area contributed by atoms with Crippen molar-refractivity contribution in [1.29, 1.82) is 0 Å². The van der Waals surface area contributed by atoms with Crippen LogP contribution in [-0.4, -0.2) is 15.5 Å². The van der Waals surface area contributed by atoms with Gasteiger partial charge in [-0.15, -0.1) is 0 Å². The molecule has 1 amide bonds. The van der Waals surface area contributed by atoms with Crippen molar-refractivity contribution >= 4 is 23.2 Å². The van der Waals surface area contributed by atoms with Gasteiger partial charge in [-0.2, -0.15) is 0 Å². The van der Waals surface area contributed by atoms with Crippen LogP contribution in [0, 0.1) is 26.6 Å².